The Hall–Kier alpha value is -1.56. The predicted molar refractivity (Wildman–Crippen MR) is 168 cm³/mol. The van der Waals surface area contributed by atoms with E-state index < -0.39 is 0 Å². The van der Waals surface area contributed by atoms with Gasteiger partial charge in [-0.1, -0.05) is 158 Å². The molecule has 0 fully saturated rings. The second kappa shape index (κ2) is 12.1. The molecular formula is C37H60. The number of benzene rings is 2. The van der Waals surface area contributed by atoms with Crippen molar-refractivity contribution in [3.05, 3.63) is 58.1 Å². The Balaban J connectivity index is 3.06. The lowest BCUT2D eigenvalue weighted by Gasteiger charge is -2.38. The van der Waals surface area contributed by atoms with Crippen LogP contribution in [0.15, 0.2) is 30.3 Å². The standard InChI is InChI=1S/C37H60/c1-14-16-18-23-36(10,11)28-21-20-22-29(37(12,13)24-19-17-15-2)32(28)33-30(34(4,5)6)25-27(3)26-31(33)35(7,8)9/h20-22,25-26H,14-19,23-24H2,1-13H3. The topological polar surface area (TPSA) is 0 Å². The molecule has 0 radical (unpaired) electrons. The molecule has 0 unspecified atom stereocenters. The van der Waals surface area contributed by atoms with Gasteiger partial charge in [-0.25, -0.2) is 0 Å². The van der Waals surface area contributed by atoms with Crippen molar-refractivity contribution in [3.63, 3.8) is 0 Å². The molecule has 0 atom stereocenters. The third-order valence-electron chi connectivity index (χ3n) is 8.48. The van der Waals surface area contributed by atoms with Crippen LogP contribution in [0, 0.1) is 6.92 Å². The number of aryl methyl sites for hydroxylation is 1. The van der Waals surface area contributed by atoms with Gasteiger partial charge >= 0.3 is 0 Å². The fourth-order valence-electron chi connectivity index (χ4n) is 6.09. The molecule has 0 N–H and O–H groups in total. The summed E-state index contributed by atoms with van der Waals surface area (Å²) in [5, 5.41) is 0. The number of unbranched alkanes of at least 4 members (excludes halogenated alkanes) is 4. The fourth-order valence-corrected chi connectivity index (χ4v) is 6.09. The summed E-state index contributed by atoms with van der Waals surface area (Å²) in [6.07, 6.45) is 10.2. The van der Waals surface area contributed by atoms with E-state index in [-0.39, 0.29) is 21.7 Å². The quantitative estimate of drug-likeness (QED) is 0.267. The van der Waals surface area contributed by atoms with Crippen LogP contribution < -0.4 is 0 Å². The molecular weight excluding hydrogens is 444 g/mol. The molecule has 0 aromatic heterocycles. The molecule has 0 aliphatic rings. The second-order valence-electron chi connectivity index (χ2n) is 15.1. The van der Waals surface area contributed by atoms with Crippen molar-refractivity contribution in [1.82, 2.24) is 0 Å². The number of hydrogen-bond donors (Lipinski definition) is 0. The van der Waals surface area contributed by atoms with Gasteiger partial charge in [0.25, 0.3) is 0 Å². The molecule has 0 nitrogen and oxygen atoms in total. The maximum atomic E-state index is 2.50. The molecule has 0 heteroatoms. The Labute approximate surface area is 232 Å². The fraction of sp³-hybridized carbons (Fsp3) is 0.676. The van der Waals surface area contributed by atoms with E-state index in [1.165, 1.54) is 73.6 Å². The highest BCUT2D eigenvalue weighted by atomic mass is 14.4. The minimum absolute atomic E-state index is 0.0600. The van der Waals surface area contributed by atoms with Crippen LogP contribution in [-0.2, 0) is 21.7 Å². The summed E-state index contributed by atoms with van der Waals surface area (Å²) in [6.45, 7) is 31.3. The van der Waals surface area contributed by atoms with Gasteiger partial charge in [0.1, 0.15) is 0 Å². The van der Waals surface area contributed by atoms with E-state index in [0.717, 1.165) is 0 Å². The number of rotatable bonds is 11. The van der Waals surface area contributed by atoms with Crippen molar-refractivity contribution < 1.29 is 0 Å². The molecule has 37 heavy (non-hydrogen) atoms. The first-order valence-corrected chi connectivity index (χ1v) is 15.3. The van der Waals surface area contributed by atoms with E-state index in [4.69, 9.17) is 0 Å². The highest BCUT2D eigenvalue weighted by Crippen LogP contribution is 2.49. The second-order valence-corrected chi connectivity index (χ2v) is 15.1. The first-order valence-electron chi connectivity index (χ1n) is 15.3. The molecule has 2 aromatic rings. The Kier molecular flexibility index (Phi) is 10.3. The van der Waals surface area contributed by atoms with Gasteiger partial charge in [0.15, 0.2) is 0 Å². The highest BCUT2D eigenvalue weighted by molar-refractivity contribution is 5.81. The maximum absolute atomic E-state index is 2.50. The van der Waals surface area contributed by atoms with Crippen LogP contribution >= 0.6 is 0 Å². The molecule has 0 bridgehead atoms. The van der Waals surface area contributed by atoms with Crippen LogP contribution in [0.1, 0.15) is 162 Å². The average molecular weight is 505 g/mol. The van der Waals surface area contributed by atoms with Crippen molar-refractivity contribution in [2.75, 3.05) is 0 Å². The zero-order valence-electron chi connectivity index (χ0n) is 27.0. The largest absolute Gasteiger partial charge is 0.0654 e. The molecule has 0 aliphatic carbocycles. The molecule has 0 heterocycles. The van der Waals surface area contributed by atoms with Crippen molar-refractivity contribution in [2.24, 2.45) is 0 Å². The lowest BCUT2D eigenvalue weighted by molar-refractivity contribution is 0.438. The first-order chi connectivity index (χ1) is 17.0. The molecule has 0 saturated heterocycles. The van der Waals surface area contributed by atoms with E-state index >= 15 is 0 Å². The Morgan fingerprint density at radius 2 is 0.865 bits per heavy atom. The van der Waals surface area contributed by atoms with Crippen LogP contribution in [-0.4, -0.2) is 0 Å². The van der Waals surface area contributed by atoms with Gasteiger partial charge in [0, 0.05) is 0 Å². The lowest BCUT2D eigenvalue weighted by atomic mass is 9.66. The monoisotopic (exact) mass is 504 g/mol. The van der Waals surface area contributed by atoms with E-state index in [1.54, 1.807) is 16.7 Å². The van der Waals surface area contributed by atoms with Crippen molar-refractivity contribution in [1.29, 1.82) is 0 Å². The van der Waals surface area contributed by atoms with E-state index in [0.29, 0.717) is 0 Å². The summed E-state index contributed by atoms with van der Waals surface area (Å²) in [5.41, 5.74) is 10.9. The molecule has 2 aromatic carbocycles. The average Bonchev–Trinajstić information content (AvgIpc) is 2.77. The summed E-state index contributed by atoms with van der Waals surface area (Å²) in [7, 11) is 0. The smallest absolute Gasteiger partial charge is 0.00973 e. The zero-order valence-corrected chi connectivity index (χ0v) is 27.0. The summed E-state index contributed by atoms with van der Waals surface area (Å²) in [4.78, 5) is 0. The molecule has 208 valence electrons. The van der Waals surface area contributed by atoms with Gasteiger partial charge in [-0.05, 0) is 74.8 Å². The van der Waals surface area contributed by atoms with Crippen LogP contribution in [0.3, 0.4) is 0 Å². The lowest BCUT2D eigenvalue weighted by Crippen LogP contribution is -2.27. The number of hydrogen-bond acceptors (Lipinski definition) is 0. The van der Waals surface area contributed by atoms with Gasteiger partial charge < -0.3 is 0 Å². The van der Waals surface area contributed by atoms with Crippen LogP contribution in [0.2, 0.25) is 0 Å². The predicted octanol–water partition coefficient (Wildman–Crippen LogP) is 12.0. The van der Waals surface area contributed by atoms with Crippen LogP contribution in [0.5, 0.6) is 0 Å². The van der Waals surface area contributed by atoms with Crippen LogP contribution in [0.4, 0.5) is 0 Å². The van der Waals surface area contributed by atoms with Gasteiger partial charge in [-0.3, -0.25) is 0 Å². The Morgan fingerprint density at radius 1 is 0.514 bits per heavy atom. The van der Waals surface area contributed by atoms with E-state index in [1.807, 2.05) is 0 Å². The molecule has 0 amide bonds. The maximum Gasteiger partial charge on any atom is -0.00973 e. The van der Waals surface area contributed by atoms with E-state index in [9.17, 15) is 0 Å². The minimum atomic E-state index is 0.0600. The molecule has 0 spiro atoms. The van der Waals surface area contributed by atoms with Crippen molar-refractivity contribution >= 4 is 0 Å². The molecule has 0 aliphatic heterocycles. The first kappa shape index (κ1) is 31.7. The highest BCUT2D eigenvalue weighted by Gasteiger charge is 2.35. The summed E-state index contributed by atoms with van der Waals surface area (Å²) < 4.78 is 0. The van der Waals surface area contributed by atoms with Gasteiger partial charge in [-0.15, -0.1) is 0 Å². The van der Waals surface area contributed by atoms with Gasteiger partial charge in [0.05, 0.1) is 0 Å². The molecule has 0 saturated carbocycles. The minimum Gasteiger partial charge on any atom is -0.0654 e. The summed E-state index contributed by atoms with van der Waals surface area (Å²) in [6, 6.07) is 12.3. The van der Waals surface area contributed by atoms with Crippen LogP contribution in [0.25, 0.3) is 11.1 Å². The van der Waals surface area contributed by atoms with Gasteiger partial charge in [-0.2, -0.15) is 0 Å². The SMILES string of the molecule is CCCCCC(C)(C)c1cccc(C(C)(C)CCCCC)c1-c1c(C(C)(C)C)cc(C)cc1C(C)(C)C. The summed E-state index contributed by atoms with van der Waals surface area (Å²) in [5.74, 6) is 0. The van der Waals surface area contributed by atoms with Crippen molar-refractivity contribution in [2.45, 2.75) is 163 Å². The third-order valence-corrected chi connectivity index (χ3v) is 8.48. The zero-order chi connectivity index (χ0) is 28.2. The Bertz CT molecular complexity index is 942. The van der Waals surface area contributed by atoms with Gasteiger partial charge in [0.2, 0.25) is 0 Å². The molecule has 2 rings (SSSR count). The van der Waals surface area contributed by atoms with Crippen molar-refractivity contribution in [3.8, 4) is 11.1 Å². The normalized spacial score (nSPS) is 13.3. The van der Waals surface area contributed by atoms with E-state index in [2.05, 4.69) is 120 Å². The summed E-state index contributed by atoms with van der Waals surface area (Å²) >= 11 is 0. The third kappa shape index (κ3) is 7.74. The Morgan fingerprint density at radius 3 is 1.19 bits per heavy atom.